The van der Waals surface area contributed by atoms with Crippen molar-refractivity contribution < 1.29 is 9.47 Å². The SMILES string of the molecule is c1ccc(Oc2ccc(OCCn3cnc4ccncc43)cc2)cc1. The first-order valence-corrected chi connectivity index (χ1v) is 8.09. The number of rotatable bonds is 6. The van der Waals surface area contributed by atoms with E-state index in [0.717, 1.165) is 28.3 Å². The van der Waals surface area contributed by atoms with Crippen LogP contribution in [-0.2, 0) is 6.54 Å². The molecule has 0 spiro atoms. The topological polar surface area (TPSA) is 49.2 Å². The number of ether oxygens (including phenoxy) is 2. The molecule has 0 N–H and O–H groups in total. The number of hydrogen-bond donors (Lipinski definition) is 0. The van der Waals surface area contributed by atoms with Gasteiger partial charge in [-0.25, -0.2) is 4.98 Å². The van der Waals surface area contributed by atoms with Gasteiger partial charge in [-0.1, -0.05) is 18.2 Å². The van der Waals surface area contributed by atoms with Crippen molar-refractivity contribution in [3.63, 3.8) is 0 Å². The van der Waals surface area contributed by atoms with Crippen molar-refractivity contribution in [2.24, 2.45) is 0 Å². The highest BCUT2D eigenvalue weighted by atomic mass is 16.5. The smallest absolute Gasteiger partial charge is 0.127 e. The molecule has 25 heavy (non-hydrogen) atoms. The molecule has 5 heteroatoms. The van der Waals surface area contributed by atoms with Crippen LogP contribution in [0.2, 0.25) is 0 Å². The fourth-order valence-corrected chi connectivity index (χ4v) is 2.57. The van der Waals surface area contributed by atoms with Gasteiger partial charge in [-0.3, -0.25) is 4.98 Å². The van der Waals surface area contributed by atoms with E-state index in [9.17, 15) is 0 Å². The lowest BCUT2D eigenvalue weighted by Gasteiger charge is -2.09. The Bertz CT molecular complexity index is 950. The molecule has 4 aromatic rings. The van der Waals surface area contributed by atoms with E-state index in [0.29, 0.717) is 13.2 Å². The highest BCUT2D eigenvalue weighted by Gasteiger charge is 2.03. The number of nitrogens with zero attached hydrogens (tertiary/aromatic N) is 3. The predicted molar refractivity (Wildman–Crippen MR) is 96.0 cm³/mol. The number of fused-ring (bicyclic) bond motifs is 1. The van der Waals surface area contributed by atoms with E-state index in [4.69, 9.17) is 9.47 Å². The molecular formula is C20H17N3O2. The zero-order chi connectivity index (χ0) is 16.9. The number of aromatic nitrogens is 3. The standard InChI is InChI=1S/C20H17N3O2/c1-2-4-17(5-3-1)25-18-8-6-16(7-9-18)24-13-12-23-15-22-19-10-11-21-14-20(19)23/h1-11,14-15H,12-13H2. The summed E-state index contributed by atoms with van der Waals surface area (Å²) in [6.07, 6.45) is 5.37. The van der Waals surface area contributed by atoms with E-state index in [1.807, 2.05) is 77.8 Å². The fourth-order valence-electron chi connectivity index (χ4n) is 2.57. The van der Waals surface area contributed by atoms with Crippen LogP contribution in [0.15, 0.2) is 79.4 Å². The van der Waals surface area contributed by atoms with Crippen LogP contribution in [0.3, 0.4) is 0 Å². The van der Waals surface area contributed by atoms with E-state index >= 15 is 0 Å². The van der Waals surface area contributed by atoms with Gasteiger partial charge in [0.2, 0.25) is 0 Å². The van der Waals surface area contributed by atoms with Gasteiger partial charge < -0.3 is 14.0 Å². The summed E-state index contributed by atoms with van der Waals surface area (Å²) < 4.78 is 13.6. The molecule has 0 aliphatic rings. The molecule has 124 valence electrons. The summed E-state index contributed by atoms with van der Waals surface area (Å²) >= 11 is 0. The summed E-state index contributed by atoms with van der Waals surface area (Å²) in [5.41, 5.74) is 1.95. The van der Waals surface area contributed by atoms with Crippen LogP contribution in [0, 0.1) is 0 Å². The summed E-state index contributed by atoms with van der Waals surface area (Å²) in [5, 5.41) is 0. The minimum atomic E-state index is 0.555. The average molecular weight is 331 g/mol. The molecule has 0 amide bonds. The van der Waals surface area contributed by atoms with Gasteiger partial charge in [-0.15, -0.1) is 0 Å². The molecular weight excluding hydrogens is 314 g/mol. The Morgan fingerprint density at radius 1 is 0.840 bits per heavy atom. The monoisotopic (exact) mass is 331 g/mol. The third-order valence-electron chi connectivity index (χ3n) is 3.83. The molecule has 0 radical (unpaired) electrons. The van der Waals surface area contributed by atoms with Crippen molar-refractivity contribution in [3.8, 4) is 17.2 Å². The van der Waals surface area contributed by atoms with Gasteiger partial charge >= 0.3 is 0 Å². The first-order valence-electron chi connectivity index (χ1n) is 8.09. The van der Waals surface area contributed by atoms with Gasteiger partial charge in [0.25, 0.3) is 0 Å². The van der Waals surface area contributed by atoms with E-state index < -0.39 is 0 Å². The predicted octanol–water partition coefficient (Wildman–Crippen LogP) is 4.30. The second-order valence-electron chi connectivity index (χ2n) is 5.54. The molecule has 0 unspecified atom stereocenters. The largest absolute Gasteiger partial charge is 0.492 e. The van der Waals surface area contributed by atoms with Crippen molar-refractivity contribution >= 4 is 11.0 Å². The molecule has 0 saturated carbocycles. The average Bonchev–Trinajstić information content (AvgIpc) is 3.07. The van der Waals surface area contributed by atoms with E-state index in [1.54, 1.807) is 6.20 Å². The highest BCUT2D eigenvalue weighted by molar-refractivity contribution is 5.73. The first-order chi connectivity index (χ1) is 12.4. The summed E-state index contributed by atoms with van der Waals surface area (Å²) in [5.74, 6) is 2.41. The summed E-state index contributed by atoms with van der Waals surface area (Å²) in [4.78, 5) is 8.49. The molecule has 0 saturated heterocycles. The highest BCUT2D eigenvalue weighted by Crippen LogP contribution is 2.23. The van der Waals surface area contributed by atoms with E-state index in [2.05, 4.69) is 9.97 Å². The fraction of sp³-hybridized carbons (Fsp3) is 0.100. The van der Waals surface area contributed by atoms with Crippen LogP contribution < -0.4 is 9.47 Å². The lowest BCUT2D eigenvalue weighted by Crippen LogP contribution is -2.07. The Kier molecular flexibility index (Phi) is 4.29. The minimum absolute atomic E-state index is 0.555. The molecule has 0 aliphatic heterocycles. The summed E-state index contributed by atoms with van der Waals surface area (Å²) in [7, 11) is 0. The third kappa shape index (κ3) is 3.61. The van der Waals surface area contributed by atoms with Gasteiger partial charge in [-0.05, 0) is 42.5 Å². The number of pyridine rings is 1. The lowest BCUT2D eigenvalue weighted by molar-refractivity contribution is 0.299. The summed E-state index contributed by atoms with van der Waals surface area (Å²) in [6.45, 7) is 1.27. The third-order valence-corrected chi connectivity index (χ3v) is 3.83. The van der Waals surface area contributed by atoms with Crippen LogP contribution in [0.25, 0.3) is 11.0 Å². The van der Waals surface area contributed by atoms with Crippen molar-refractivity contribution in [1.82, 2.24) is 14.5 Å². The van der Waals surface area contributed by atoms with Gasteiger partial charge in [0.05, 0.1) is 30.1 Å². The Labute approximate surface area is 145 Å². The molecule has 0 fully saturated rings. The molecule has 2 aromatic carbocycles. The molecule has 2 aromatic heterocycles. The van der Waals surface area contributed by atoms with Crippen LogP contribution >= 0.6 is 0 Å². The molecule has 4 rings (SSSR count). The quantitative estimate of drug-likeness (QED) is 0.528. The van der Waals surface area contributed by atoms with Crippen LogP contribution in [-0.4, -0.2) is 21.1 Å². The van der Waals surface area contributed by atoms with Crippen LogP contribution in [0.1, 0.15) is 0 Å². The number of hydrogen-bond acceptors (Lipinski definition) is 4. The second-order valence-corrected chi connectivity index (χ2v) is 5.54. The Hall–Kier alpha value is -3.34. The number of imidazole rings is 1. The first kappa shape index (κ1) is 15.2. The van der Waals surface area contributed by atoms with Crippen molar-refractivity contribution in [2.75, 3.05) is 6.61 Å². The second kappa shape index (κ2) is 7.05. The maximum atomic E-state index is 5.81. The van der Waals surface area contributed by atoms with Gasteiger partial charge in [0.1, 0.15) is 23.9 Å². The van der Waals surface area contributed by atoms with E-state index in [-0.39, 0.29) is 0 Å². The lowest BCUT2D eigenvalue weighted by atomic mass is 10.3. The van der Waals surface area contributed by atoms with Crippen LogP contribution in [0.4, 0.5) is 0 Å². The molecule has 5 nitrogen and oxygen atoms in total. The number of benzene rings is 2. The van der Waals surface area contributed by atoms with E-state index in [1.165, 1.54) is 0 Å². The maximum Gasteiger partial charge on any atom is 0.127 e. The van der Waals surface area contributed by atoms with Gasteiger partial charge in [-0.2, -0.15) is 0 Å². The molecule has 0 atom stereocenters. The van der Waals surface area contributed by atoms with Crippen molar-refractivity contribution in [1.29, 1.82) is 0 Å². The van der Waals surface area contributed by atoms with Crippen LogP contribution in [0.5, 0.6) is 17.2 Å². The van der Waals surface area contributed by atoms with Crippen molar-refractivity contribution in [3.05, 3.63) is 79.4 Å². The Morgan fingerprint density at radius 3 is 2.44 bits per heavy atom. The zero-order valence-electron chi connectivity index (χ0n) is 13.6. The normalized spacial score (nSPS) is 10.7. The Morgan fingerprint density at radius 2 is 1.60 bits per heavy atom. The summed E-state index contributed by atoms with van der Waals surface area (Å²) in [6, 6.07) is 19.2. The molecule has 2 heterocycles. The minimum Gasteiger partial charge on any atom is -0.492 e. The molecule has 0 aliphatic carbocycles. The Balaban J connectivity index is 1.34. The van der Waals surface area contributed by atoms with Crippen molar-refractivity contribution in [2.45, 2.75) is 6.54 Å². The molecule has 0 bridgehead atoms. The number of para-hydroxylation sites is 1. The van der Waals surface area contributed by atoms with Gasteiger partial charge in [0, 0.05) is 6.20 Å². The van der Waals surface area contributed by atoms with Gasteiger partial charge in [0.15, 0.2) is 0 Å². The zero-order valence-corrected chi connectivity index (χ0v) is 13.6. The maximum absolute atomic E-state index is 5.81.